The molecule has 0 saturated carbocycles. The minimum absolute atomic E-state index is 0.0538. The number of aliphatic carboxylic acids is 1. The van der Waals surface area contributed by atoms with Crippen LogP contribution in [-0.2, 0) is 4.79 Å². The number of carbonyl (C=O) groups is 2. The van der Waals surface area contributed by atoms with E-state index in [-0.39, 0.29) is 22.8 Å². The van der Waals surface area contributed by atoms with Crippen molar-refractivity contribution in [3.63, 3.8) is 0 Å². The number of aromatic hydroxyl groups is 1. The van der Waals surface area contributed by atoms with Gasteiger partial charge in [-0.15, -0.1) is 0 Å². The number of hydrogen-bond acceptors (Lipinski definition) is 5. The number of phenolic OH excluding ortho intramolecular Hbond substituents is 1. The summed E-state index contributed by atoms with van der Waals surface area (Å²) in [5.41, 5.74) is 0.110. The van der Waals surface area contributed by atoms with Crippen molar-refractivity contribution in [2.45, 2.75) is 6.42 Å². The summed E-state index contributed by atoms with van der Waals surface area (Å²) in [6, 6.07) is 2.53. The SMILES string of the molecule is COc1cc(C(=O)CC(=O)O)cc(OC)c1O. The highest BCUT2D eigenvalue weighted by Gasteiger charge is 2.17. The Balaban J connectivity index is 3.17. The number of ether oxygens (including phenoxy) is 2. The molecule has 0 atom stereocenters. The van der Waals surface area contributed by atoms with Crippen LogP contribution in [0.25, 0.3) is 0 Å². The molecular weight excluding hydrogens is 228 g/mol. The van der Waals surface area contributed by atoms with Gasteiger partial charge in [0, 0.05) is 5.56 Å². The van der Waals surface area contributed by atoms with Crippen molar-refractivity contribution in [3.8, 4) is 17.2 Å². The van der Waals surface area contributed by atoms with Crippen molar-refractivity contribution in [2.75, 3.05) is 14.2 Å². The minimum atomic E-state index is -1.22. The molecule has 1 aromatic carbocycles. The molecule has 0 radical (unpaired) electrons. The molecule has 0 aliphatic heterocycles. The first kappa shape index (κ1) is 12.8. The summed E-state index contributed by atoms with van der Waals surface area (Å²) in [5, 5.41) is 18.1. The molecule has 6 nitrogen and oxygen atoms in total. The fourth-order valence-electron chi connectivity index (χ4n) is 1.29. The highest BCUT2D eigenvalue weighted by Crippen LogP contribution is 2.37. The largest absolute Gasteiger partial charge is 0.502 e. The average Bonchev–Trinajstić information content (AvgIpc) is 2.28. The van der Waals surface area contributed by atoms with Crippen molar-refractivity contribution in [2.24, 2.45) is 0 Å². The Hall–Kier alpha value is -2.24. The van der Waals surface area contributed by atoms with E-state index < -0.39 is 18.2 Å². The number of Topliss-reactive ketones (excluding diaryl/α,β-unsaturated/α-hetero) is 1. The zero-order chi connectivity index (χ0) is 13.0. The molecule has 0 aliphatic carbocycles. The Morgan fingerprint density at radius 3 is 2.00 bits per heavy atom. The van der Waals surface area contributed by atoms with Gasteiger partial charge in [0.1, 0.15) is 6.42 Å². The lowest BCUT2D eigenvalue weighted by molar-refractivity contribution is -0.135. The first-order chi connectivity index (χ1) is 7.99. The van der Waals surface area contributed by atoms with E-state index in [9.17, 15) is 14.7 Å². The molecule has 92 valence electrons. The van der Waals surface area contributed by atoms with Crippen molar-refractivity contribution >= 4 is 11.8 Å². The maximum atomic E-state index is 11.5. The first-order valence-electron chi connectivity index (χ1n) is 4.69. The third kappa shape index (κ3) is 2.87. The summed E-state index contributed by atoms with van der Waals surface area (Å²) < 4.78 is 9.71. The van der Waals surface area contributed by atoms with Crippen molar-refractivity contribution < 1.29 is 29.3 Å². The van der Waals surface area contributed by atoms with Crippen LogP contribution in [-0.4, -0.2) is 36.2 Å². The predicted octanol–water partition coefficient (Wildman–Crippen LogP) is 1.07. The zero-order valence-corrected chi connectivity index (χ0v) is 9.39. The molecule has 0 fully saturated rings. The van der Waals surface area contributed by atoms with Gasteiger partial charge in [0.15, 0.2) is 17.3 Å². The highest BCUT2D eigenvalue weighted by molar-refractivity contribution is 6.06. The number of benzene rings is 1. The second-order valence-electron chi connectivity index (χ2n) is 3.22. The zero-order valence-electron chi connectivity index (χ0n) is 9.39. The van der Waals surface area contributed by atoms with Gasteiger partial charge in [0.25, 0.3) is 0 Å². The standard InChI is InChI=1S/C11H12O6/c1-16-8-3-6(7(12)5-10(13)14)4-9(17-2)11(8)15/h3-4,15H,5H2,1-2H3,(H,13,14). The van der Waals surface area contributed by atoms with Gasteiger partial charge in [0.2, 0.25) is 5.75 Å². The number of hydrogen-bond donors (Lipinski definition) is 2. The third-order valence-corrected chi connectivity index (χ3v) is 2.11. The highest BCUT2D eigenvalue weighted by atomic mass is 16.5. The van der Waals surface area contributed by atoms with E-state index in [4.69, 9.17) is 14.6 Å². The van der Waals surface area contributed by atoms with Crippen LogP contribution in [0.3, 0.4) is 0 Å². The van der Waals surface area contributed by atoms with E-state index in [2.05, 4.69) is 0 Å². The number of rotatable bonds is 5. The number of ketones is 1. The summed E-state index contributed by atoms with van der Waals surface area (Å²) in [5.74, 6) is -1.94. The fourth-order valence-corrected chi connectivity index (χ4v) is 1.29. The predicted molar refractivity (Wildman–Crippen MR) is 57.8 cm³/mol. The molecule has 0 saturated heterocycles. The van der Waals surface area contributed by atoms with Crippen LogP contribution >= 0.6 is 0 Å². The number of methoxy groups -OCH3 is 2. The Kier molecular flexibility index (Phi) is 3.92. The van der Waals surface area contributed by atoms with E-state index in [1.807, 2.05) is 0 Å². The molecule has 17 heavy (non-hydrogen) atoms. The molecule has 6 heteroatoms. The maximum absolute atomic E-state index is 11.5. The van der Waals surface area contributed by atoms with E-state index >= 15 is 0 Å². The monoisotopic (exact) mass is 240 g/mol. The van der Waals surface area contributed by atoms with Crippen LogP contribution in [0.4, 0.5) is 0 Å². The van der Waals surface area contributed by atoms with E-state index in [1.165, 1.54) is 26.4 Å². The van der Waals surface area contributed by atoms with Crippen LogP contribution in [0.2, 0.25) is 0 Å². The summed E-state index contributed by atoms with van der Waals surface area (Å²) in [7, 11) is 2.64. The molecule has 0 aromatic heterocycles. The Bertz CT molecular complexity index is 426. The second-order valence-corrected chi connectivity index (χ2v) is 3.22. The molecule has 0 aliphatic rings. The normalized spacial score (nSPS) is 9.76. The molecule has 0 amide bonds. The summed E-state index contributed by atoms with van der Waals surface area (Å²) in [6.07, 6.45) is -0.628. The third-order valence-electron chi connectivity index (χ3n) is 2.11. The first-order valence-corrected chi connectivity index (χ1v) is 4.69. The lowest BCUT2D eigenvalue weighted by atomic mass is 10.1. The van der Waals surface area contributed by atoms with E-state index in [0.717, 1.165) is 0 Å². The number of carboxylic acids is 1. The maximum Gasteiger partial charge on any atom is 0.311 e. The van der Waals surface area contributed by atoms with Crippen LogP contribution in [0, 0.1) is 0 Å². The van der Waals surface area contributed by atoms with Crippen molar-refractivity contribution in [1.29, 1.82) is 0 Å². The molecule has 0 bridgehead atoms. The summed E-state index contributed by atoms with van der Waals surface area (Å²) in [6.45, 7) is 0. The Morgan fingerprint density at radius 2 is 1.65 bits per heavy atom. The molecule has 0 unspecified atom stereocenters. The van der Waals surface area contributed by atoms with Crippen molar-refractivity contribution in [3.05, 3.63) is 17.7 Å². The average molecular weight is 240 g/mol. The van der Waals surface area contributed by atoms with Crippen LogP contribution < -0.4 is 9.47 Å². The van der Waals surface area contributed by atoms with Gasteiger partial charge in [-0.1, -0.05) is 0 Å². The van der Waals surface area contributed by atoms with E-state index in [0.29, 0.717) is 0 Å². The van der Waals surface area contributed by atoms with Crippen LogP contribution in [0.1, 0.15) is 16.8 Å². The topological polar surface area (TPSA) is 93.1 Å². The fraction of sp³-hybridized carbons (Fsp3) is 0.273. The van der Waals surface area contributed by atoms with E-state index in [1.54, 1.807) is 0 Å². The quantitative estimate of drug-likeness (QED) is 0.590. The molecule has 1 rings (SSSR count). The smallest absolute Gasteiger partial charge is 0.311 e. The van der Waals surface area contributed by atoms with Crippen LogP contribution in [0.15, 0.2) is 12.1 Å². The van der Waals surface area contributed by atoms with Crippen LogP contribution in [0.5, 0.6) is 17.2 Å². The lowest BCUT2D eigenvalue weighted by Crippen LogP contribution is -2.07. The number of phenols is 1. The van der Waals surface area contributed by atoms with Gasteiger partial charge >= 0.3 is 5.97 Å². The molecule has 0 heterocycles. The van der Waals surface area contributed by atoms with Gasteiger partial charge in [-0.2, -0.15) is 0 Å². The lowest BCUT2D eigenvalue weighted by Gasteiger charge is -2.10. The minimum Gasteiger partial charge on any atom is -0.502 e. The van der Waals surface area contributed by atoms with Gasteiger partial charge in [-0.25, -0.2) is 0 Å². The molecule has 2 N–H and O–H groups in total. The summed E-state index contributed by atoms with van der Waals surface area (Å²) >= 11 is 0. The van der Waals surface area contributed by atoms with Gasteiger partial charge in [-0.05, 0) is 12.1 Å². The molecule has 0 spiro atoms. The number of carboxylic acid groups (broad SMARTS) is 1. The summed E-state index contributed by atoms with van der Waals surface area (Å²) in [4.78, 5) is 22.0. The van der Waals surface area contributed by atoms with Crippen molar-refractivity contribution in [1.82, 2.24) is 0 Å². The van der Waals surface area contributed by atoms with Gasteiger partial charge in [0.05, 0.1) is 14.2 Å². The molecular formula is C11H12O6. The second kappa shape index (κ2) is 5.20. The Morgan fingerprint density at radius 1 is 1.18 bits per heavy atom. The van der Waals surface area contributed by atoms with Gasteiger partial charge < -0.3 is 19.7 Å². The number of carbonyl (C=O) groups excluding carboxylic acids is 1. The Labute approximate surface area is 97.4 Å². The molecule has 1 aromatic rings. The van der Waals surface area contributed by atoms with Gasteiger partial charge in [-0.3, -0.25) is 9.59 Å².